The van der Waals surface area contributed by atoms with Gasteiger partial charge in [0.15, 0.2) is 5.82 Å². The lowest BCUT2D eigenvalue weighted by Crippen LogP contribution is -2.39. The number of anilines is 2. The van der Waals surface area contributed by atoms with Gasteiger partial charge in [-0.25, -0.2) is 9.99 Å². The maximum absolute atomic E-state index is 13.6. The van der Waals surface area contributed by atoms with E-state index < -0.39 is 22.1 Å². The molecule has 39 heavy (non-hydrogen) atoms. The van der Waals surface area contributed by atoms with E-state index in [1.165, 1.54) is 47.9 Å². The van der Waals surface area contributed by atoms with Crippen LogP contribution < -0.4 is 15.6 Å². The van der Waals surface area contributed by atoms with Gasteiger partial charge in [0, 0.05) is 30.2 Å². The van der Waals surface area contributed by atoms with E-state index in [0.717, 1.165) is 12.8 Å². The molecule has 2 amide bonds. The van der Waals surface area contributed by atoms with Gasteiger partial charge in [-0.05, 0) is 61.2 Å². The molecule has 1 aromatic carbocycles. The van der Waals surface area contributed by atoms with Gasteiger partial charge in [-0.1, -0.05) is 23.2 Å². The van der Waals surface area contributed by atoms with Gasteiger partial charge in [0.05, 0.1) is 22.7 Å². The van der Waals surface area contributed by atoms with Crippen molar-refractivity contribution in [2.75, 3.05) is 16.9 Å². The monoisotopic (exact) mass is 588 g/mol. The van der Waals surface area contributed by atoms with Gasteiger partial charge < -0.3 is 14.8 Å². The summed E-state index contributed by atoms with van der Waals surface area (Å²) >= 11 is 12.5. The minimum absolute atomic E-state index is 0.123. The minimum Gasteiger partial charge on any atom is -0.361 e. The number of nitrogens with zero attached hydrogens (tertiary/aromatic N) is 4. The highest BCUT2D eigenvalue weighted by Gasteiger charge is 2.38. The Labute approximate surface area is 234 Å². The van der Waals surface area contributed by atoms with Crippen molar-refractivity contribution in [3.63, 3.8) is 0 Å². The van der Waals surface area contributed by atoms with Crippen LogP contribution >= 0.6 is 23.2 Å². The first-order valence-electron chi connectivity index (χ1n) is 11.9. The Morgan fingerprint density at radius 2 is 1.85 bits per heavy atom. The summed E-state index contributed by atoms with van der Waals surface area (Å²) in [6.45, 7) is 0.536. The van der Waals surface area contributed by atoms with Gasteiger partial charge in [0.25, 0.3) is 5.91 Å². The Morgan fingerprint density at radius 3 is 2.56 bits per heavy atom. The van der Waals surface area contributed by atoms with Crippen LogP contribution in [0.3, 0.4) is 0 Å². The van der Waals surface area contributed by atoms with Crippen LogP contribution in [0.2, 0.25) is 10.0 Å². The molecule has 1 unspecified atom stereocenters. The smallest absolute Gasteiger partial charge is 0.340 e. The van der Waals surface area contributed by atoms with Crippen molar-refractivity contribution in [1.82, 2.24) is 15.3 Å². The van der Waals surface area contributed by atoms with Crippen molar-refractivity contribution >= 4 is 62.5 Å². The molecule has 3 aromatic rings. The molecule has 3 heterocycles. The number of hydrogen-bond acceptors (Lipinski definition) is 9. The normalized spacial score (nSPS) is 16.9. The molecule has 0 bridgehead atoms. The van der Waals surface area contributed by atoms with Crippen LogP contribution in [0.4, 0.5) is 11.5 Å². The summed E-state index contributed by atoms with van der Waals surface area (Å²) in [6.07, 6.45) is 5.99. The molecule has 1 aliphatic carbocycles. The van der Waals surface area contributed by atoms with Crippen molar-refractivity contribution in [2.24, 2.45) is 11.0 Å². The lowest BCUT2D eigenvalue weighted by molar-refractivity contribution is -0.117. The molecule has 0 saturated heterocycles. The van der Waals surface area contributed by atoms with Crippen molar-refractivity contribution in [1.29, 1.82) is 0 Å². The van der Waals surface area contributed by atoms with Gasteiger partial charge in [-0.15, -0.1) is 5.10 Å². The number of carbonyl (C=O) groups excluding carboxylic acids is 2. The lowest BCUT2D eigenvalue weighted by atomic mass is 10.1. The fraction of sp³-hybridized carbons (Fsp3) is 0.240. The van der Waals surface area contributed by atoms with E-state index in [2.05, 4.69) is 25.7 Å². The maximum Gasteiger partial charge on any atom is 0.340 e. The zero-order valence-electron chi connectivity index (χ0n) is 20.3. The molecule has 5 rings (SSSR count). The third-order valence-electron chi connectivity index (χ3n) is 6.02. The second kappa shape index (κ2) is 11.2. The highest BCUT2D eigenvalue weighted by molar-refractivity contribution is 7.87. The van der Waals surface area contributed by atoms with E-state index in [1.807, 2.05) is 0 Å². The predicted octanol–water partition coefficient (Wildman–Crippen LogP) is 3.86. The van der Waals surface area contributed by atoms with Gasteiger partial charge in [0.1, 0.15) is 10.9 Å². The first-order valence-corrected chi connectivity index (χ1v) is 14.1. The van der Waals surface area contributed by atoms with Gasteiger partial charge in [-0.3, -0.25) is 14.6 Å². The van der Waals surface area contributed by atoms with Crippen LogP contribution in [-0.4, -0.2) is 48.7 Å². The van der Waals surface area contributed by atoms with Crippen LogP contribution in [0.5, 0.6) is 0 Å². The number of rotatable bonds is 8. The highest BCUT2D eigenvalue weighted by atomic mass is 35.5. The maximum atomic E-state index is 13.6. The summed E-state index contributed by atoms with van der Waals surface area (Å²) in [7, 11) is -4.25. The summed E-state index contributed by atoms with van der Waals surface area (Å²) in [6, 6.07) is 9.15. The largest absolute Gasteiger partial charge is 0.361 e. The molecule has 1 fully saturated rings. The molecular formula is C25H22Cl2N6O5S. The molecule has 202 valence electrons. The van der Waals surface area contributed by atoms with Crippen molar-refractivity contribution < 1.29 is 22.2 Å². The first kappa shape index (κ1) is 26.9. The number of amides is 2. The second-order valence-electron chi connectivity index (χ2n) is 8.92. The summed E-state index contributed by atoms with van der Waals surface area (Å²) in [5.74, 6) is -0.635. The molecule has 1 atom stereocenters. The summed E-state index contributed by atoms with van der Waals surface area (Å²) < 4.78 is 30.8. The Balaban J connectivity index is 1.40. The number of pyridine rings is 2. The van der Waals surface area contributed by atoms with E-state index >= 15 is 0 Å². The number of hydrogen-bond donors (Lipinski definition) is 2. The Morgan fingerprint density at radius 1 is 1.08 bits per heavy atom. The van der Waals surface area contributed by atoms with Crippen molar-refractivity contribution in [3.05, 3.63) is 76.7 Å². The molecule has 1 saturated carbocycles. The summed E-state index contributed by atoms with van der Waals surface area (Å²) in [4.78, 5) is 34.3. The first-order chi connectivity index (χ1) is 18.7. The number of hydrazone groups is 1. The van der Waals surface area contributed by atoms with E-state index in [4.69, 9.17) is 27.4 Å². The molecule has 2 N–H and O–H groups in total. The SMILES string of the molecule is O=C(NCC1CC1)c1cc(Cl)ccc1NC(=O)C1CC(OS(=O)(=O)c2ccncc2)=NN1c1ncccc1Cl. The number of halogens is 2. The number of nitrogens with one attached hydrogen (secondary N) is 2. The molecule has 0 radical (unpaired) electrons. The van der Waals surface area contributed by atoms with Gasteiger partial charge in [0.2, 0.25) is 11.8 Å². The number of benzene rings is 1. The second-order valence-corrected chi connectivity index (χ2v) is 11.3. The van der Waals surface area contributed by atoms with Crippen LogP contribution in [0, 0.1) is 5.92 Å². The zero-order valence-corrected chi connectivity index (χ0v) is 22.6. The predicted molar refractivity (Wildman–Crippen MR) is 145 cm³/mol. The lowest BCUT2D eigenvalue weighted by Gasteiger charge is -2.22. The minimum atomic E-state index is -4.25. The molecule has 0 spiro atoms. The standard InChI is InChI=1S/C25H22Cl2N6O5S/c26-16-5-6-20(18(12-16)24(34)30-14-15-3-4-15)31-25(35)21-13-22(32-33(21)23-19(27)2-1-9-29-23)38-39(36,37)17-7-10-28-11-8-17/h1-2,5-12,15,21H,3-4,13-14H2,(H,30,34)(H,31,35). The van der Waals surface area contributed by atoms with Gasteiger partial charge in [-0.2, -0.15) is 8.42 Å². The van der Waals surface area contributed by atoms with E-state index in [0.29, 0.717) is 17.5 Å². The van der Waals surface area contributed by atoms with Crippen LogP contribution in [0.25, 0.3) is 0 Å². The molecular weight excluding hydrogens is 567 g/mol. The zero-order chi connectivity index (χ0) is 27.6. The summed E-state index contributed by atoms with van der Waals surface area (Å²) in [5, 5.41) is 11.5. The average Bonchev–Trinajstić information content (AvgIpc) is 3.67. The topological polar surface area (TPSA) is 143 Å². The fourth-order valence-corrected chi connectivity index (χ4v) is 5.13. The third-order valence-corrected chi connectivity index (χ3v) is 7.81. The quantitative estimate of drug-likeness (QED) is 0.377. The Hall–Kier alpha value is -3.74. The van der Waals surface area contributed by atoms with Crippen LogP contribution in [0.1, 0.15) is 29.6 Å². The van der Waals surface area contributed by atoms with E-state index in [9.17, 15) is 18.0 Å². The number of aromatic nitrogens is 2. The Kier molecular flexibility index (Phi) is 7.69. The fourth-order valence-electron chi connectivity index (χ4n) is 3.84. The Bertz CT molecular complexity index is 1550. The molecule has 1 aliphatic heterocycles. The summed E-state index contributed by atoms with van der Waals surface area (Å²) in [5.41, 5.74) is 0.415. The molecule has 2 aliphatic rings. The van der Waals surface area contributed by atoms with E-state index in [1.54, 1.807) is 18.2 Å². The molecule has 11 nitrogen and oxygen atoms in total. The highest BCUT2D eigenvalue weighted by Crippen LogP contribution is 2.32. The van der Waals surface area contributed by atoms with E-state index in [-0.39, 0.29) is 45.2 Å². The van der Waals surface area contributed by atoms with Crippen molar-refractivity contribution in [3.8, 4) is 0 Å². The third kappa shape index (κ3) is 6.29. The van der Waals surface area contributed by atoms with Crippen molar-refractivity contribution in [2.45, 2.75) is 30.2 Å². The number of carbonyl (C=O) groups is 2. The molecule has 2 aromatic heterocycles. The molecule has 14 heteroatoms. The average molecular weight is 589 g/mol. The van der Waals surface area contributed by atoms with Crippen LogP contribution in [-0.2, 0) is 19.1 Å². The van der Waals surface area contributed by atoms with Crippen LogP contribution in [0.15, 0.2) is 71.1 Å². The van der Waals surface area contributed by atoms with Gasteiger partial charge >= 0.3 is 10.1 Å².